The van der Waals surface area contributed by atoms with Crippen LogP contribution in [-0.2, 0) is 26.1 Å². The molecule has 6 nitrogen and oxygen atoms in total. The summed E-state index contributed by atoms with van der Waals surface area (Å²) in [5.74, 6) is -2.37. The lowest BCUT2D eigenvalue weighted by atomic mass is 10.2. The predicted molar refractivity (Wildman–Crippen MR) is 91.5 cm³/mol. The Bertz CT molecular complexity index is 943. The zero-order valence-corrected chi connectivity index (χ0v) is 15.0. The second kappa shape index (κ2) is 8.12. The van der Waals surface area contributed by atoms with E-state index >= 15 is 0 Å². The zero-order valence-electron chi connectivity index (χ0n) is 14.2. The Morgan fingerprint density at radius 3 is 2.48 bits per heavy atom. The molecule has 27 heavy (non-hydrogen) atoms. The quantitative estimate of drug-likeness (QED) is 0.725. The highest BCUT2D eigenvalue weighted by Gasteiger charge is 2.30. The van der Waals surface area contributed by atoms with Gasteiger partial charge >= 0.3 is 5.97 Å². The van der Waals surface area contributed by atoms with E-state index in [1.807, 2.05) is 0 Å². The van der Waals surface area contributed by atoms with E-state index in [1.165, 1.54) is 18.2 Å². The number of ether oxygens (including phenoxy) is 2. The fourth-order valence-electron chi connectivity index (χ4n) is 2.60. The highest BCUT2D eigenvalue weighted by molar-refractivity contribution is 7.89. The van der Waals surface area contributed by atoms with E-state index in [4.69, 9.17) is 9.47 Å². The van der Waals surface area contributed by atoms with E-state index in [1.54, 1.807) is 6.07 Å². The van der Waals surface area contributed by atoms with Gasteiger partial charge in [-0.25, -0.2) is 22.0 Å². The molecule has 0 spiro atoms. The van der Waals surface area contributed by atoms with Gasteiger partial charge in [0.25, 0.3) is 0 Å². The lowest BCUT2D eigenvalue weighted by Crippen LogP contribution is -2.41. The number of morpholine rings is 1. The summed E-state index contributed by atoms with van der Waals surface area (Å²) < 4.78 is 64.2. The molecule has 1 saturated heterocycles. The van der Waals surface area contributed by atoms with Crippen molar-refractivity contribution in [1.29, 1.82) is 0 Å². The Balaban J connectivity index is 1.80. The number of sulfonamides is 1. The largest absolute Gasteiger partial charge is 0.457 e. The summed E-state index contributed by atoms with van der Waals surface area (Å²) in [4.78, 5) is 11.6. The number of carbonyl (C=O) groups is 1. The molecule has 3 rings (SSSR count). The number of halogens is 2. The SMILES string of the molecule is O=C(OCc1ccccc1F)c1ccc(F)c(S(=O)(=O)N2CCOCC2)c1. The summed E-state index contributed by atoms with van der Waals surface area (Å²) in [5.41, 5.74) is 0.0358. The van der Waals surface area contributed by atoms with Crippen LogP contribution in [0.15, 0.2) is 47.4 Å². The monoisotopic (exact) mass is 397 g/mol. The summed E-state index contributed by atoms with van der Waals surface area (Å²) in [6, 6.07) is 8.74. The minimum Gasteiger partial charge on any atom is -0.457 e. The number of nitrogens with zero attached hydrogens (tertiary/aromatic N) is 1. The molecule has 0 aromatic heterocycles. The van der Waals surface area contributed by atoms with Crippen LogP contribution in [0.3, 0.4) is 0 Å². The molecule has 1 aliphatic rings. The smallest absolute Gasteiger partial charge is 0.338 e. The molecule has 144 valence electrons. The van der Waals surface area contributed by atoms with Crippen molar-refractivity contribution < 1.29 is 31.5 Å². The summed E-state index contributed by atoms with van der Waals surface area (Å²) in [6.45, 7) is 0.304. The molecule has 0 saturated carbocycles. The lowest BCUT2D eigenvalue weighted by molar-refractivity contribution is 0.0468. The fraction of sp³-hybridized carbons (Fsp3) is 0.278. The molecule has 2 aromatic carbocycles. The first-order valence-electron chi connectivity index (χ1n) is 8.17. The van der Waals surface area contributed by atoms with Gasteiger partial charge in [0.2, 0.25) is 10.0 Å². The minimum absolute atomic E-state index is 0.101. The van der Waals surface area contributed by atoms with Gasteiger partial charge in [0.05, 0.1) is 18.8 Å². The number of rotatable bonds is 5. The first kappa shape index (κ1) is 19.4. The highest BCUT2D eigenvalue weighted by Crippen LogP contribution is 2.22. The molecule has 0 aliphatic carbocycles. The van der Waals surface area contributed by atoms with Gasteiger partial charge in [-0.05, 0) is 24.3 Å². The van der Waals surface area contributed by atoms with Crippen LogP contribution in [0, 0.1) is 11.6 Å². The van der Waals surface area contributed by atoms with Gasteiger partial charge in [-0.15, -0.1) is 0 Å². The number of carbonyl (C=O) groups excluding carboxylic acids is 1. The number of benzene rings is 2. The Morgan fingerprint density at radius 2 is 1.78 bits per heavy atom. The topological polar surface area (TPSA) is 72.9 Å². The van der Waals surface area contributed by atoms with Crippen LogP contribution >= 0.6 is 0 Å². The molecule has 2 aromatic rings. The molecule has 9 heteroatoms. The molecule has 0 radical (unpaired) electrons. The third kappa shape index (κ3) is 4.32. The first-order valence-corrected chi connectivity index (χ1v) is 9.61. The fourth-order valence-corrected chi connectivity index (χ4v) is 4.09. The standard InChI is InChI=1S/C18H17F2NO5S/c19-15-4-2-1-3-14(15)12-26-18(22)13-5-6-16(20)17(11-13)27(23,24)21-7-9-25-10-8-21/h1-6,11H,7-10,12H2. The number of hydrogen-bond acceptors (Lipinski definition) is 5. The third-order valence-corrected chi connectivity index (χ3v) is 5.99. The average molecular weight is 397 g/mol. The maximum absolute atomic E-state index is 14.1. The summed E-state index contributed by atoms with van der Waals surface area (Å²) in [5, 5.41) is 0. The van der Waals surface area contributed by atoms with E-state index in [0.717, 1.165) is 22.5 Å². The van der Waals surface area contributed by atoms with Crippen molar-refractivity contribution in [1.82, 2.24) is 4.31 Å². The van der Waals surface area contributed by atoms with E-state index < -0.39 is 32.5 Å². The molecule has 1 fully saturated rings. The van der Waals surface area contributed by atoms with Crippen LogP contribution in [0.25, 0.3) is 0 Å². The van der Waals surface area contributed by atoms with Gasteiger partial charge in [-0.2, -0.15) is 4.31 Å². The molecule has 0 atom stereocenters. The molecule has 0 bridgehead atoms. The summed E-state index contributed by atoms with van der Waals surface area (Å²) in [7, 11) is -4.11. The van der Waals surface area contributed by atoms with Crippen LogP contribution < -0.4 is 0 Å². The van der Waals surface area contributed by atoms with Crippen molar-refractivity contribution in [3.63, 3.8) is 0 Å². The van der Waals surface area contributed by atoms with Gasteiger partial charge in [0, 0.05) is 18.7 Å². The first-order chi connectivity index (χ1) is 12.9. The van der Waals surface area contributed by atoms with Gasteiger partial charge in [-0.1, -0.05) is 18.2 Å². The highest BCUT2D eigenvalue weighted by atomic mass is 32.2. The van der Waals surface area contributed by atoms with Crippen molar-refractivity contribution in [2.45, 2.75) is 11.5 Å². The Morgan fingerprint density at radius 1 is 1.07 bits per heavy atom. The van der Waals surface area contributed by atoms with E-state index in [0.29, 0.717) is 0 Å². The maximum atomic E-state index is 14.1. The van der Waals surface area contributed by atoms with Crippen molar-refractivity contribution in [3.05, 3.63) is 65.2 Å². The second-order valence-electron chi connectivity index (χ2n) is 5.83. The van der Waals surface area contributed by atoms with Gasteiger partial charge in [0.15, 0.2) is 0 Å². The van der Waals surface area contributed by atoms with Crippen molar-refractivity contribution in [2.75, 3.05) is 26.3 Å². The van der Waals surface area contributed by atoms with Crippen molar-refractivity contribution >= 4 is 16.0 Å². The van der Waals surface area contributed by atoms with Crippen LogP contribution in [0.5, 0.6) is 0 Å². The molecule has 1 aliphatic heterocycles. The molecule has 0 amide bonds. The Labute approximate surface area is 155 Å². The van der Waals surface area contributed by atoms with Crippen LogP contribution in [0.4, 0.5) is 8.78 Å². The van der Waals surface area contributed by atoms with Gasteiger partial charge < -0.3 is 9.47 Å². The Kier molecular flexibility index (Phi) is 5.83. The molecule has 0 unspecified atom stereocenters. The zero-order chi connectivity index (χ0) is 19.4. The van der Waals surface area contributed by atoms with Crippen LogP contribution in [0.1, 0.15) is 15.9 Å². The molecular formula is C18H17F2NO5S. The van der Waals surface area contributed by atoms with Crippen LogP contribution in [-0.4, -0.2) is 45.0 Å². The maximum Gasteiger partial charge on any atom is 0.338 e. The van der Waals surface area contributed by atoms with E-state index in [2.05, 4.69) is 0 Å². The molecule has 0 N–H and O–H groups in total. The number of esters is 1. The van der Waals surface area contributed by atoms with Gasteiger partial charge in [-0.3, -0.25) is 0 Å². The third-order valence-electron chi connectivity index (χ3n) is 4.07. The average Bonchev–Trinajstić information content (AvgIpc) is 2.68. The van der Waals surface area contributed by atoms with E-state index in [-0.39, 0.29) is 44.0 Å². The molecular weight excluding hydrogens is 380 g/mol. The lowest BCUT2D eigenvalue weighted by Gasteiger charge is -2.26. The van der Waals surface area contributed by atoms with Crippen LogP contribution in [0.2, 0.25) is 0 Å². The van der Waals surface area contributed by atoms with Crippen molar-refractivity contribution in [3.8, 4) is 0 Å². The predicted octanol–water partition coefficient (Wildman–Crippen LogP) is 2.34. The minimum atomic E-state index is -4.11. The van der Waals surface area contributed by atoms with E-state index in [9.17, 15) is 22.0 Å². The number of hydrogen-bond donors (Lipinski definition) is 0. The normalized spacial score (nSPS) is 15.5. The molecule has 1 heterocycles. The van der Waals surface area contributed by atoms with Gasteiger partial charge in [0.1, 0.15) is 23.1 Å². The van der Waals surface area contributed by atoms with Crippen molar-refractivity contribution in [2.24, 2.45) is 0 Å². The summed E-state index contributed by atoms with van der Waals surface area (Å²) in [6.07, 6.45) is 0. The second-order valence-corrected chi connectivity index (χ2v) is 7.74. The Hall–Kier alpha value is -2.36. The summed E-state index contributed by atoms with van der Waals surface area (Å²) >= 11 is 0.